The van der Waals surface area contributed by atoms with E-state index in [1.807, 2.05) is 0 Å². The molecule has 3 rings (SSSR count). The van der Waals surface area contributed by atoms with Gasteiger partial charge in [-0.15, -0.1) is 0 Å². The van der Waals surface area contributed by atoms with E-state index in [1.54, 1.807) is 36.1 Å². The van der Waals surface area contributed by atoms with E-state index in [4.69, 9.17) is 9.47 Å². The van der Waals surface area contributed by atoms with Crippen LogP contribution in [-0.2, 0) is 14.3 Å². The summed E-state index contributed by atoms with van der Waals surface area (Å²) in [5, 5.41) is 0. The van der Waals surface area contributed by atoms with E-state index in [0.29, 0.717) is 50.3 Å². The minimum Gasteiger partial charge on any atom is -0.347 e. The molecule has 0 N–H and O–H groups in total. The summed E-state index contributed by atoms with van der Waals surface area (Å²) in [5.41, 5.74) is 0.971. The van der Waals surface area contributed by atoms with Gasteiger partial charge in [0.05, 0.1) is 13.2 Å². The van der Waals surface area contributed by atoms with E-state index in [1.165, 1.54) is 6.07 Å². The Labute approximate surface area is 129 Å². The van der Waals surface area contributed by atoms with Crippen molar-refractivity contribution in [3.8, 4) is 0 Å². The van der Waals surface area contributed by atoms with Crippen molar-refractivity contribution in [3.63, 3.8) is 0 Å². The van der Waals surface area contributed by atoms with Gasteiger partial charge in [0.1, 0.15) is 5.82 Å². The predicted octanol–water partition coefficient (Wildman–Crippen LogP) is 2.59. The van der Waals surface area contributed by atoms with Gasteiger partial charge >= 0.3 is 0 Å². The summed E-state index contributed by atoms with van der Waals surface area (Å²) >= 11 is 0. The van der Waals surface area contributed by atoms with Crippen molar-refractivity contribution >= 4 is 12.0 Å². The first-order valence-corrected chi connectivity index (χ1v) is 7.60. The van der Waals surface area contributed by atoms with Crippen LogP contribution in [-0.4, -0.2) is 42.9 Å². The number of carbonyl (C=O) groups excluding carboxylic acids is 1. The molecule has 0 radical (unpaired) electrons. The van der Waals surface area contributed by atoms with Gasteiger partial charge in [-0.1, -0.05) is 18.2 Å². The molecule has 22 heavy (non-hydrogen) atoms. The molecular formula is C17H20FNO3. The Hall–Kier alpha value is -1.72. The lowest BCUT2D eigenvalue weighted by atomic mass is 10.0. The maximum Gasteiger partial charge on any atom is 0.249 e. The van der Waals surface area contributed by atoms with Crippen LogP contribution in [0.1, 0.15) is 25.3 Å². The average molecular weight is 305 g/mol. The molecule has 2 heterocycles. The molecular weight excluding hydrogens is 285 g/mol. The number of halogens is 1. The number of amides is 1. The normalized spacial score (nSPS) is 21.4. The quantitative estimate of drug-likeness (QED) is 0.788. The standard InChI is InChI=1S/C17H20FNO3/c1-13(12-14-4-2-3-5-15(14)18)16(20)19-8-6-17(7-9-19)21-10-11-22-17/h2-5,12H,6-11H2,1H3/b13-12+. The van der Waals surface area contributed by atoms with Crippen molar-refractivity contribution in [3.05, 3.63) is 41.2 Å². The molecule has 0 unspecified atom stereocenters. The first kappa shape index (κ1) is 15.2. The molecule has 0 atom stereocenters. The Morgan fingerprint density at radius 1 is 1.23 bits per heavy atom. The molecule has 5 heteroatoms. The van der Waals surface area contributed by atoms with Crippen LogP contribution in [0.5, 0.6) is 0 Å². The number of ether oxygens (including phenoxy) is 2. The lowest BCUT2D eigenvalue weighted by Crippen LogP contribution is -2.47. The minimum absolute atomic E-state index is 0.0592. The molecule has 4 nitrogen and oxygen atoms in total. The molecule has 118 valence electrons. The van der Waals surface area contributed by atoms with Crippen molar-refractivity contribution in [2.24, 2.45) is 0 Å². The second-order valence-corrected chi connectivity index (χ2v) is 5.75. The number of rotatable bonds is 2. The van der Waals surface area contributed by atoms with E-state index in [9.17, 15) is 9.18 Å². The highest BCUT2D eigenvalue weighted by Crippen LogP contribution is 2.31. The van der Waals surface area contributed by atoms with E-state index in [0.717, 1.165) is 0 Å². The maximum atomic E-state index is 13.7. The lowest BCUT2D eigenvalue weighted by molar-refractivity contribution is -0.186. The van der Waals surface area contributed by atoms with E-state index in [-0.39, 0.29) is 11.7 Å². The van der Waals surface area contributed by atoms with Crippen molar-refractivity contribution in [2.45, 2.75) is 25.6 Å². The molecule has 0 aromatic heterocycles. The summed E-state index contributed by atoms with van der Waals surface area (Å²) in [4.78, 5) is 14.3. The molecule has 2 fully saturated rings. The van der Waals surface area contributed by atoms with Gasteiger partial charge in [-0.25, -0.2) is 4.39 Å². The van der Waals surface area contributed by atoms with Gasteiger partial charge in [-0.3, -0.25) is 4.79 Å². The monoisotopic (exact) mass is 305 g/mol. The van der Waals surface area contributed by atoms with Crippen LogP contribution in [0.2, 0.25) is 0 Å². The highest BCUT2D eigenvalue weighted by atomic mass is 19.1. The van der Waals surface area contributed by atoms with E-state index in [2.05, 4.69) is 0 Å². The largest absolute Gasteiger partial charge is 0.347 e. The number of hydrogen-bond donors (Lipinski definition) is 0. The maximum absolute atomic E-state index is 13.7. The SMILES string of the molecule is C/C(=C\c1ccccc1F)C(=O)N1CCC2(CC1)OCCO2. The molecule has 2 saturated heterocycles. The fourth-order valence-electron chi connectivity index (χ4n) is 2.97. The second-order valence-electron chi connectivity index (χ2n) is 5.75. The number of benzene rings is 1. The van der Waals surface area contributed by atoms with Crippen LogP contribution in [0.25, 0.3) is 6.08 Å². The highest BCUT2D eigenvalue weighted by molar-refractivity contribution is 5.97. The summed E-state index contributed by atoms with van der Waals surface area (Å²) < 4.78 is 25.0. The molecule has 1 aromatic carbocycles. The molecule has 1 amide bonds. The summed E-state index contributed by atoms with van der Waals surface area (Å²) in [6.07, 6.45) is 2.97. The zero-order chi connectivity index (χ0) is 15.6. The second kappa shape index (κ2) is 6.18. The van der Waals surface area contributed by atoms with Gasteiger partial charge in [0.25, 0.3) is 0 Å². The van der Waals surface area contributed by atoms with Gasteiger partial charge in [-0.2, -0.15) is 0 Å². The number of carbonyl (C=O) groups is 1. The minimum atomic E-state index is -0.486. The first-order chi connectivity index (χ1) is 10.6. The Balaban J connectivity index is 1.65. The molecule has 0 aliphatic carbocycles. The van der Waals surface area contributed by atoms with Gasteiger partial charge in [0.15, 0.2) is 5.79 Å². The summed E-state index contributed by atoms with van der Waals surface area (Å²) in [6, 6.07) is 6.45. The number of hydrogen-bond acceptors (Lipinski definition) is 3. The average Bonchev–Trinajstić information content (AvgIpc) is 2.98. The fraction of sp³-hybridized carbons (Fsp3) is 0.471. The fourth-order valence-corrected chi connectivity index (χ4v) is 2.97. The predicted molar refractivity (Wildman–Crippen MR) is 80.5 cm³/mol. The van der Waals surface area contributed by atoms with Crippen LogP contribution in [0.15, 0.2) is 29.8 Å². The van der Waals surface area contributed by atoms with Crippen LogP contribution >= 0.6 is 0 Å². The van der Waals surface area contributed by atoms with Gasteiger partial charge in [0.2, 0.25) is 5.91 Å². The van der Waals surface area contributed by atoms with Crippen molar-refractivity contribution in [2.75, 3.05) is 26.3 Å². The van der Waals surface area contributed by atoms with Gasteiger partial charge < -0.3 is 14.4 Å². The lowest BCUT2D eigenvalue weighted by Gasteiger charge is -2.37. The third-order valence-corrected chi connectivity index (χ3v) is 4.24. The van der Waals surface area contributed by atoms with Crippen LogP contribution in [0.3, 0.4) is 0 Å². The van der Waals surface area contributed by atoms with Crippen LogP contribution < -0.4 is 0 Å². The molecule has 2 aliphatic rings. The van der Waals surface area contributed by atoms with Gasteiger partial charge in [-0.05, 0) is 19.1 Å². The van der Waals surface area contributed by atoms with Crippen LogP contribution in [0.4, 0.5) is 4.39 Å². The Morgan fingerprint density at radius 2 is 1.86 bits per heavy atom. The zero-order valence-electron chi connectivity index (χ0n) is 12.7. The van der Waals surface area contributed by atoms with E-state index >= 15 is 0 Å². The van der Waals surface area contributed by atoms with Crippen molar-refractivity contribution < 1.29 is 18.7 Å². The molecule has 2 aliphatic heterocycles. The van der Waals surface area contributed by atoms with Crippen molar-refractivity contribution in [1.29, 1.82) is 0 Å². The Kier molecular flexibility index (Phi) is 4.27. The molecule has 1 aromatic rings. The third-order valence-electron chi connectivity index (χ3n) is 4.24. The van der Waals surface area contributed by atoms with Gasteiger partial charge in [0, 0.05) is 37.1 Å². The number of piperidine rings is 1. The Morgan fingerprint density at radius 3 is 2.50 bits per heavy atom. The van der Waals surface area contributed by atoms with Crippen LogP contribution in [0, 0.1) is 5.82 Å². The topological polar surface area (TPSA) is 38.8 Å². The molecule has 0 bridgehead atoms. The first-order valence-electron chi connectivity index (χ1n) is 7.60. The summed E-state index contributed by atoms with van der Waals surface area (Å²) in [5.74, 6) is -0.865. The summed E-state index contributed by atoms with van der Waals surface area (Å²) in [7, 11) is 0. The smallest absolute Gasteiger partial charge is 0.249 e. The highest BCUT2D eigenvalue weighted by Gasteiger charge is 2.40. The Bertz CT molecular complexity index is 583. The van der Waals surface area contributed by atoms with E-state index < -0.39 is 5.79 Å². The summed E-state index contributed by atoms with van der Waals surface area (Å²) in [6.45, 7) is 4.17. The molecule has 1 spiro atoms. The molecule has 0 saturated carbocycles. The zero-order valence-corrected chi connectivity index (χ0v) is 12.7. The van der Waals surface area contributed by atoms with Crippen molar-refractivity contribution in [1.82, 2.24) is 4.90 Å². The number of nitrogens with zero attached hydrogens (tertiary/aromatic N) is 1. The third kappa shape index (κ3) is 3.05. The number of likely N-dealkylation sites (tertiary alicyclic amines) is 1.